The Morgan fingerprint density at radius 2 is 2.05 bits per heavy atom. The van der Waals surface area contributed by atoms with E-state index in [1.165, 1.54) is 0 Å². The topological polar surface area (TPSA) is 46.5 Å². The van der Waals surface area contributed by atoms with Crippen LogP contribution < -0.4 is 0 Å². The van der Waals surface area contributed by atoms with Gasteiger partial charge in [0.25, 0.3) is 0 Å². The van der Waals surface area contributed by atoms with Crippen molar-refractivity contribution < 1.29 is 0 Å². The third kappa shape index (κ3) is 1.89. The molecule has 0 aliphatic heterocycles. The molecule has 0 saturated heterocycles. The SMILES string of the molecule is CCn1nc(Cn2cccc2C#N)c2ccccc21. The molecule has 4 nitrogen and oxygen atoms in total. The Labute approximate surface area is 111 Å². The maximum atomic E-state index is 9.05. The van der Waals surface area contributed by atoms with Crippen molar-refractivity contribution in [2.75, 3.05) is 0 Å². The van der Waals surface area contributed by atoms with E-state index < -0.39 is 0 Å². The number of rotatable bonds is 3. The third-order valence-electron chi connectivity index (χ3n) is 3.30. The number of nitriles is 1. The summed E-state index contributed by atoms with van der Waals surface area (Å²) in [5.74, 6) is 0. The Kier molecular flexibility index (Phi) is 2.81. The molecular formula is C15H14N4. The first-order valence-corrected chi connectivity index (χ1v) is 6.33. The standard InChI is InChI=1S/C15H14N4/c1-2-19-15-8-4-3-7-13(15)14(17-19)11-18-9-5-6-12(18)10-16/h3-9H,2,11H2,1H3. The normalized spacial score (nSPS) is 10.7. The van der Waals surface area contributed by atoms with Crippen molar-refractivity contribution in [2.24, 2.45) is 0 Å². The van der Waals surface area contributed by atoms with E-state index in [1.54, 1.807) is 0 Å². The lowest BCUT2D eigenvalue weighted by atomic mass is 10.2. The first-order valence-electron chi connectivity index (χ1n) is 6.33. The van der Waals surface area contributed by atoms with E-state index in [1.807, 2.05) is 39.7 Å². The number of aromatic nitrogens is 3. The number of nitrogens with zero attached hydrogens (tertiary/aromatic N) is 4. The lowest BCUT2D eigenvalue weighted by Gasteiger charge is -2.02. The second kappa shape index (κ2) is 4.62. The minimum atomic E-state index is 0.628. The van der Waals surface area contributed by atoms with Gasteiger partial charge < -0.3 is 4.57 Å². The van der Waals surface area contributed by atoms with Crippen LogP contribution in [0.2, 0.25) is 0 Å². The third-order valence-corrected chi connectivity index (χ3v) is 3.30. The molecule has 0 bridgehead atoms. The maximum Gasteiger partial charge on any atom is 0.120 e. The highest BCUT2D eigenvalue weighted by Gasteiger charge is 2.10. The summed E-state index contributed by atoms with van der Waals surface area (Å²) in [6.45, 7) is 3.56. The van der Waals surface area contributed by atoms with Crippen molar-refractivity contribution >= 4 is 10.9 Å². The molecule has 0 N–H and O–H groups in total. The van der Waals surface area contributed by atoms with E-state index >= 15 is 0 Å². The number of para-hydroxylation sites is 1. The van der Waals surface area contributed by atoms with Gasteiger partial charge in [-0.25, -0.2) is 0 Å². The van der Waals surface area contributed by atoms with Crippen LogP contribution in [0.4, 0.5) is 0 Å². The largest absolute Gasteiger partial charge is 0.333 e. The summed E-state index contributed by atoms with van der Waals surface area (Å²) in [6.07, 6.45) is 1.91. The van der Waals surface area contributed by atoms with Crippen LogP contribution in [0.1, 0.15) is 18.3 Å². The minimum Gasteiger partial charge on any atom is -0.333 e. The molecule has 0 saturated carbocycles. The highest BCUT2D eigenvalue weighted by atomic mass is 15.3. The highest BCUT2D eigenvalue weighted by molar-refractivity contribution is 5.81. The zero-order chi connectivity index (χ0) is 13.2. The van der Waals surface area contributed by atoms with Gasteiger partial charge in [-0.05, 0) is 25.1 Å². The Bertz CT molecular complexity index is 758. The Hall–Kier alpha value is -2.54. The van der Waals surface area contributed by atoms with Gasteiger partial charge in [-0.1, -0.05) is 18.2 Å². The van der Waals surface area contributed by atoms with E-state index in [0.29, 0.717) is 12.2 Å². The van der Waals surface area contributed by atoms with Crippen LogP contribution in [-0.2, 0) is 13.1 Å². The molecule has 3 aromatic rings. The van der Waals surface area contributed by atoms with Crippen molar-refractivity contribution in [3.8, 4) is 6.07 Å². The van der Waals surface area contributed by atoms with Crippen LogP contribution in [0, 0.1) is 11.3 Å². The maximum absolute atomic E-state index is 9.05. The summed E-state index contributed by atoms with van der Waals surface area (Å²) >= 11 is 0. The molecule has 0 fully saturated rings. The van der Waals surface area contributed by atoms with Crippen LogP contribution in [0.15, 0.2) is 42.6 Å². The van der Waals surface area contributed by atoms with Crippen LogP contribution in [0.25, 0.3) is 10.9 Å². The predicted molar refractivity (Wildman–Crippen MR) is 73.7 cm³/mol. The molecule has 0 radical (unpaired) electrons. The number of fused-ring (bicyclic) bond motifs is 1. The quantitative estimate of drug-likeness (QED) is 0.717. The molecule has 3 rings (SSSR count). The van der Waals surface area contributed by atoms with E-state index in [9.17, 15) is 0 Å². The lowest BCUT2D eigenvalue weighted by Crippen LogP contribution is -2.03. The first-order chi connectivity index (χ1) is 9.33. The van der Waals surface area contributed by atoms with E-state index in [4.69, 9.17) is 5.26 Å². The summed E-state index contributed by atoms with van der Waals surface area (Å²) in [6, 6.07) is 14.1. The van der Waals surface area contributed by atoms with Gasteiger partial charge in [0, 0.05) is 18.1 Å². The van der Waals surface area contributed by atoms with Gasteiger partial charge in [0.15, 0.2) is 0 Å². The summed E-state index contributed by atoms with van der Waals surface area (Å²) in [7, 11) is 0. The summed E-state index contributed by atoms with van der Waals surface area (Å²) in [5, 5.41) is 14.9. The highest BCUT2D eigenvalue weighted by Crippen LogP contribution is 2.19. The Morgan fingerprint density at radius 1 is 1.21 bits per heavy atom. The Balaban J connectivity index is 2.09. The molecule has 0 atom stereocenters. The van der Waals surface area contributed by atoms with Crippen molar-refractivity contribution in [3.05, 3.63) is 54.0 Å². The molecule has 0 unspecified atom stereocenters. The van der Waals surface area contributed by atoms with Gasteiger partial charge in [0.1, 0.15) is 11.8 Å². The molecule has 0 aliphatic carbocycles. The number of aryl methyl sites for hydroxylation is 1. The Morgan fingerprint density at radius 3 is 2.84 bits per heavy atom. The average Bonchev–Trinajstić information content (AvgIpc) is 3.04. The van der Waals surface area contributed by atoms with Crippen molar-refractivity contribution in [1.82, 2.24) is 14.3 Å². The first kappa shape index (κ1) is 11.5. The van der Waals surface area contributed by atoms with E-state index in [-0.39, 0.29) is 0 Å². The summed E-state index contributed by atoms with van der Waals surface area (Å²) in [5.41, 5.74) is 2.81. The number of hydrogen-bond acceptors (Lipinski definition) is 2. The van der Waals surface area contributed by atoms with Crippen LogP contribution in [0.3, 0.4) is 0 Å². The van der Waals surface area contributed by atoms with Crippen molar-refractivity contribution in [1.29, 1.82) is 5.26 Å². The van der Waals surface area contributed by atoms with Gasteiger partial charge in [-0.2, -0.15) is 10.4 Å². The molecule has 94 valence electrons. The summed E-state index contributed by atoms with van der Waals surface area (Å²) in [4.78, 5) is 0. The number of benzene rings is 1. The molecule has 2 aromatic heterocycles. The zero-order valence-electron chi connectivity index (χ0n) is 10.7. The van der Waals surface area contributed by atoms with E-state index in [2.05, 4.69) is 30.2 Å². The average molecular weight is 250 g/mol. The zero-order valence-corrected chi connectivity index (χ0v) is 10.7. The predicted octanol–water partition coefficient (Wildman–Crippen LogP) is 2.78. The molecule has 0 aliphatic rings. The molecule has 0 spiro atoms. The van der Waals surface area contributed by atoms with Crippen LogP contribution in [0.5, 0.6) is 0 Å². The molecule has 2 heterocycles. The van der Waals surface area contributed by atoms with Crippen LogP contribution in [-0.4, -0.2) is 14.3 Å². The van der Waals surface area contributed by atoms with E-state index in [0.717, 1.165) is 23.1 Å². The van der Waals surface area contributed by atoms with Gasteiger partial charge in [0.05, 0.1) is 17.8 Å². The fraction of sp³-hybridized carbons (Fsp3) is 0.200. The number of hydrogen-bond donors (Lipinski definition) is 0. The molecule has 19 heavy (non-hydrogen) atoms. The monoisotopic (exact) mass is 250 g/mol. The van der Waals surface area contributed by atoms with Crippen molar-refractivity contribution in [3.63, 3.8) is 0 Å². The molecule has 4 heteroatoms. The fourth-order valence-corrected chi connectivity index (χ4v) is 2.37. The van der Waals surface area contributed by atoms with Gasteiger partial charge in [0.2, 0.25) is 0 Å². The smallest absolute Gasteiger partial charge is 0.120 e. The van der Waals surface area contributed by atoms with Crippen molar-refractivity contribution in [2.45, 2.75) is 20.0 Å². The summed E-state index contributed by atoms with van der Waals surface area (Å²) < 4.78 is 3.93. The second-order valence-corrected chi connectivity index (χ2v) is 4.41. The molecule has 1 aromatic carbocycles. The lowest BCUT2D eigenvalue weighted by molar-refractivity contribution is 0.653. The molecular weight excluding hydrogens is 236 g/mol. The minimum absolute atomic E-state index is 0.628. The van der Waals surface area contributed by atoms with Gasteiger partial charge in [-0.15, -0.1) is 0 Å². The van der Waals surface area contributed by atoms with Crippen LogP contribution >= 0.6 is 0 Å². The second-order valence-electron chi connectivity index (χ2n) is 4.41. The molecule has 0 amide bonds. The van der Waals surface area contributed by atoms with Gasteiger partial charge >= 0.3 is 0 Å². The van der Waals surface area contributed by atoms with Gasteiger partial charge in [-0.3, -0.25) is 4.68 Å². The fourth-order valence-electron chi connectivity index (χ4n) is 2.37.